The van der Waals surface area contributed by atoms with Gasteiger partial charge in [-0.15, -0.1) is 11.3 Å². The Morgan fingerprint density at radius 3 is 2.70 bits per heavy atom. The summed E-state index contributed by atoms with van der Waals surface area (Å²) < 4.78 is 1.82. The maximum atomic E-state index is 12.9. The van der Waals surface area contributed by atoms with E-state index >= 15 is 0 Å². The molecule has 0 fully saturated rings. The minimum absolute atomic E-state index is 0.0827. The van der Waals surface area contributed by atoms with Gasteiger partial charge in [-0.1, -0.05) is 25.1 Å². The first-order valence-corrected chi connectivity index (χ1v) is 9.88. The molecule has 0 saturated carbocycles. The summed E-state index contributed by atoms with van der Waals surface area (Å²) in [6.45, 7) is 8.49. The highest BCUT2D eigenvalue weighted by atomic mass is 32.2. The average Bonchev–Trinajstić information content (AvgIpc) is 2.78. The van der Waals surface area contributed by atoms with Crippen molar-refractivity contribution in [2.75, 3.05) is 5.75 Å². The van der Waals surface area contributed by atoms with Gasteiger partial charge in [-0.3, -0.25) is 9.36 Å². The number of unbranched alkanes of at least 4 members (excludes halogenated alkanes) is 1. The Kier molecular flexibility index (Phi) is 6.41. The van der Waals surface area contributed by atoms with Crippen molar-refractivity contribution in [1.29, 1.82) is 0 Å². The largest absolute Gasteiger partial charge is 0.300 e. The van der Waals surface area contributed by atoms with Crippen LogP contribution in [0.25, 0.3) is 10.2 Å². The molecule has 0 saturated heterocycles. The van der Waals surface area contributed by atoms with E-state index in [0.717, 1.165) is 50.8 Å². The molecule has 126 valence electrons. The molecule has 0 aliphatic carbocycles. The van der Waals surface area contributed by atoms with Gasteiger partial charge in [0.1, 0.15) is 10.6 Å². The molecule has 0 aliphatic heterocycles. The van der Waals surface area contributed by atoms with E-state index in [2.05, 4.69) is 6.92 Å². The van der Waals surface area contributed by atoms with Gasteiger partial charge in [0, 0.05) is 23.6 Å². The summed E-state index contributed by atoms with van der Waals surface area (Å²) in [5.41, 5.74) is 1.14. The third kappa shape index (κ3) is 4.23. The molecule has 4 nitrogen and oxygen atoms in total. The van der Waals surface area contributed by atoms with Gasteiger partial charge in [-0.2, -0.15) is 0 Å². The van der Waals surface area contributed by atoms with Crippen molar-refractivity contribution in [3.8, 4) is 0 Å². The van der Waals surface area contributed by atoms with Gasteiger partial charge in [0.25, 0.3) is 5.56 Å². The Bertz CT molecular complexity index is 762. The lowest BCUT2D eigenvalue weighted by Crippen LogP contribution is -2.23. The lowest BCUT2D eigenvalue weighted by atomic mass is 10.2. The second kappa shape index (κ2) is 8.11. The van der Waals surface area contributed by atoms with Gasteiger partial charge < -0.3 is 4.79 Å². The van der Waals surface area contributed by atoms with E-state index in [1.54, 1.807) is 30.0 Å². The fourth-order valence-electron chi connectivity index (χ4n) is 2.42. The molecule has 0 amide bonds. The lowest BCUT2D eigenvalue weighted by molar-refractivity contribution is -0.117. The predicted molar refractivity (Wildman–Crippen MR) is 98.9 cm³/mol. The number of carbonyl (C=O) groups is 1. The molecule has 0 unspecified atom stereocenters. The number of carbonyl (C=O) groups excluding carboxylic acids is 1. The SMILES string of the molecule is CCCCn1c(SCCCC(C)=O)nc2sc(C)c(C)c2c1=O. The molecule has 0 aliphatic rings. The second-order valence-corrected chi connectivity index (χ2v) is 8.09. The Labute approximate surface area is 145 Å². The number of nitrogens with zero attached hydrogens (tertiary/aromatic N) is 2. The monoisotopic (exact) mass is 352 g/mol. The van der Waals surface area contributed by atoms with Crippen LogP contribution in [0.15, 0.2) is 9.95 Å². The van der Waals surface area contributed by atoms with Crippen molar-refractivity contribution in [2.24, 2.45) is 0 Å². The van der Waals surface area contributed by atoms with E-state index in [-0.39, 0.29) is 11.3 Å². The zero-order chi connectivity index (χ0) is 17.0. The fourth-order valence-corrected chi connectivity index (χ4v) is 4.45. The van der Waals surface area contributed by atoms with E-state index < -0.39 is 0 Å². The smallest absolute Gasteiger partial charge is 0.263 e. The van der Waals surface area contributed by atoms with Gasteiger partial charge >= 0.3 is 0 Å². The number of Topliss-reactive ketones (excluding diaryl/α,β-unsaturated/α-hetero) is 1. The van der Waals surface area contributed by atoms with E-state index in [0.29, 0.717) is 13.0 Å². The van der Waals surface area contributed by atoms with E-state index in [1.807, 2.05) is 18.4 Å². The highest BCUT2D eigenvalue weighted by molar-refractivity contribution is 7.99. The normalized spacial score (nSPS) is 11.3. The topological polar surface area (TPSA) is 52.0 Å². The Morgan fingerprint density at radius 2 is 2.04 bits per heavy atom. The van der Waals surface area contributed by atoms with Crippen LogP contribution >= 0.6 is 23.1 Å². The maximum absolute atomic E-state index is 12.9. The van der Waals surface area contributed by atoms with E-state index in [1.165, 1.54) is 0 Å². The number of hydrogen-bond donors (Lipinski definition) is 0. The summed E-state index contributed by atoms with van der Waals surface area (Å²) in [5.74, 6) is 1.02. The Balaban J connectivity index is 2.36. The number of thioether (sulfide) groups is 1. The summed E-state index contributed by atoms with van der Waals surface area (Å²) in [6.07, 6.45) is 3.42. The maximum Gasteiger partial charge on any atom is 0.263 e. The van der Waals surface area contributed by atoms with Crippen LogP contribution in [0, 0.1) is 13.8 Å². The molecule has 0 N–H and O–H groups in total. The van der Waals surface area contributed by atoms with Crippen LogP contribution in [0.4, 0.5) is 0 Å². The van der Waals surface area contributed by atoms with E-state index in [9.17, 15) is 9.59 Å². The third-order valence-electron chi connectivity index (χ3n) is 3.89. The summed E-state index contributed by atoms with van der Waals surface area (Å²) in [7, 11) is 0. The number of rotatable bonds is 8. The summed E-state index contributed by atoms with van der Waals surface area (Å²) in [4.78, 5) is 30.7. The van der Waals surface area contributed by atoms with Crippen LogP contribution in [-0.2, 0) is 11.3 Å². The van der Waals surface area contributed by atoms with Crippen LogP contribution < -0.4 is 5.56 Å². The summed E-state index contributed by atoms with van der Waals surface area (Å²) >= 11 is 3.18. The molecular formula is C17H24N2O2S2. The number of hydrogen-bond acceptors (Lipinski definition) is 5. The van der Waals surface area contributed by atoms with E-state index in [4.69, 9.17) is 4.98 Å². The second-order valence-electron chi connectivity index (χ2n) is 5.82. The first-order valence-electron chi connectivity index (χ1n) is 8.08. The number of thiophene rings is 1. The number of aryl methyl sites for hydroxylation is 2. The van der Waals surface area contributed by atoms with Gasteiger partial charge in [0.15, 0.2) is 5.16 Å². The van der Waals surface area contributed by atoms with Gasteiger partial charge in [-0.05, 0) is 39.2 Å². The average molecular weight is 353 g/mol. The quantitative estimate of drug-likeness (QED) is 0.403. The third-order valence-corrected chi connectivity index (χ3v) is 6.06. The zero-order valence-corrected chi connectivity index (χ0v) is 15.9. The van der Waals surface area contributed by atoms with Crippen LogP contribution in [-0.4, -0.2) is 21.1 Å². The number of ketones is 1. The molecule has 0 atom stereocenters. The van der Waals surface area contributed by atoms with Gasteiger partial charge in [0.2, 0.25) is 0 Å². The molecule has 6 heteroatoms. The first-order chi connectivity index (χ1) is 11.0. The van der Waals surface area contributed by atoms with Crippen LogP contribution in [0.5, 0.6) is 0 Å². The lowest BCUT2D eigenvalue weighted by Gasteiger charge is -2.11. The molecule has 2 rings (SSSR count). The Morgan fingerprint density at radius 1 is 1.30 bits per heavy atom. The first kappa shape index (κ1) is 18.2. The highest BCUT2D eigenvalue weighted by Crippen LogP contribution is 2.28. The molecular weight excluding hydrogens is 328 g/mol. The van der Waals surface area contributed by atoms with Crippen molar-refractivity contribution in [3.63, 3.8) is 0 Å². The zero-order valence-electron chi connectivity index (χ0n) is 14.3. The predicted octanol–water partition coefficient (Wildman–Crippen LogP) is 4.34. The summed E-state index contributed by atoms with van der Waals surface area (Å²) in [5, 5.41) is 1.57. The van der Waals surface area contributed by atoms with Crippen molar-refractivity contribution in [2.45, 2.75) is 65.1 Å². The fraction of sp³-hybridized carbons (Fsp3) is 0.588. The molecule has 23 heavy (non-hydrogen) atoms. The minimum Gasteiger partial charge on any atom is -0.300 e. The van der Waals surface area contributed by atoms with Crippen molar-refractivity contribution >= 4 is 39.1 Å². The van der Waals surface area contributed by atoms with Gasteiger partial charge in [0.05, 0.1) is 5.39 Å². The summed E-state index contributed by atoms with van der Waals surface area (Å²) in [6, 6.07) is 0. The van der Waals surface area contributed by atoms with Gasteiger partial charge in [-0.25, -0.2) is 4.98 Å². The standard InChI is InChI=1S/C17H24N2O2S2/c1-5-6-9-19-16(21)14-12(3)13(4)23-15(14)18-17(19)22-10-7-8-11(2)20/h5-10H2,1-4H3. The van der Waals surface area contributed by atoms with Crippen molar-refractivity contribution in [1.82, 2.24) is 9.55 Å². The molecule has 0 bridgehead atoms. The molecule has 2 aromatic rings. The van der Waals surface area contributed by atoms with Crippen molar-refractivity contribution in [3.05, 3.63) is 20.8 Å². The molecule has 0 radical (unpaired) electrons. The van der Waals surface area contributed by atoms with Crippen LogP contribution in [0.2, 0.25) is 0 Å². The molecule has 2 aromatic heterocycles. The molecule has 2 heterocycles. The number of aromatic nitrogens is 2. The number of fused-ring (bicyclic) bond motifs is 1. The minimum atomic E-state index is 0.0827. The molecule has 0 spiro atoms. The Hall–Kier alpha value is -1.14. The van der Waals surface area contributed by atoms with Crippen LogP contribution in [0.3, 0.4) is 0 Å². The molecule has 0 aromatic carbocycles. The van der Waals surface area contributed by atoms with Crippen LogP contribution in [0.1, 0.15) is 50.0 Å². The highest BCUT2D eigenvalue weighted by Gasteiger charge is 2.16. The van der Waals surface area contributed by atoms with Crippen molar-refractivity contribution < 1.29 is 4.79 Å².